The zero-order chi connectivity index (χ0) is 30.2. The van der Waals surface area contributed by atoms with Crippen molar-refractivity contribution >= 4 is 33.4 Å². The first kappa shape index (κ1) is 30.9. The molecule has 8 nitrogen and oxygen atoms in total. The average Bonchev–Trinajstić information content (AvgIpc) is 3.04. The van der Waals surface area contributed by atoms with Crippen molar-refractivity contribution in [1.82, 2.24) is 4.72 Å². The number of nitrogens with one attached hydrogen (secondary N) is 2. The number of anilines is 1. The van der Waals surface area contributed by atoms with Gasteiger partial charge >= 0.3 is 0 Å². The van der Waals surface area contributed by atoms with E-state index in [-0.39, 0.29) is 36.2 Å². The van der Waals surface area contributed by atoms with Gasteiger partial charge in [0.15, 0.2) is 6.29 Å². The molecule has 0 radical (unpaired) electrons. The molecule has 0 saturated carbocycles. The van der Waals surface area contributed by atoms with Gasteiger partial charge in [0, 0.05) is 41.8 Å². The Morgan fingerprint density at radius 1 is 0.860 bits per heavy atom. The standard InChI is InChI=1S/C33H34N2O6S2/c1-23(37)35-28-15-17-30(18-16-28)42-22-29-19-32(26-11-9-25(21-36)10-12-26)41-33(40-29)27-13-7-24(8-14-27)20-34-43(38,39)31-5-3-2-4-6-31/h2-18,29,32-34,36H,19-22H2,1H3,(H,35,37)/t29-,32+,33+/m0/s1. The van der Waals surface area contributed by atoms with E-state index in [1.807, 2.05) is 72.8 Å². The van der Waals surface area contributed by atoms with Gasteiger partial charge in [-0.05, 0) is 53.1 Å². The third kappa shape index (κ3) is 8.54. The van der Waals surface area contributed by atoms with Crippen molar-refractivity contribution in [1.29, 1.82) is 0 Å². The molecule has 10 heteroatoms. The monoisotopic (exact) mass is 618 g/mol. The van der Waals surface area contributed by atoms with Crippen LogP contribution < -0.4 is 10.0 Å². The van der Waals surface area contributed by atoms with E-state index in [1.165, 1.54) is 6.92 Å². The van der Waals surface area contributed by atoms with Crippen molar-refractivity contribution in [2.24, 2.45) is 0 Å². The van der Waals surface area contributed by atoms with E-state index in [0.29, 0.717) is 12.2 Å². The minimum absolute atomic E-state index is 0.0224. The molecule has 0 bridgehead atoms. The largest absolute Gasteiger partial charge is 0.392 e. The van der Waals surface area contributed by atoms with E-state index in [0.717, 1.165) is 32.8 Å². The lowest BCUT2D eigenvalue weighted by Gasteiger charge is -2.36. The lowest BCUT2D eigenvalue weighted by molar-refractivity contribution is -0.245. The summed E-state index contributed by atoms with van der Waals surface area (Å²) in [5.41, 5.74) is 4.24. The number of rotatable bonds is 11. The maximum absolute atomic E-state index is 12.6. The minimum atomic E-state index is -3.61. The molecular weight excluding hydrogens is 585 g/mol. The van der Waals surface area contributed by atoms with E-state index >= 15 is 0 Å². The first-order valence-corrected chi connectivity index (χ1v) is 16.4. The number of aliphatic hydroxyl groups is 1. The molecule has 1 amide bonds. The Labute approximate surface area is 256 Å². The molecule has 1 heterocycles. The second-order valence-electron chi connectivity index (χ2n) is 10.2. The van der Waals surface area contributed by atoms with Gasteiger partial charge in [0.05, 0.1) is 23.7 Å². The molecule has 43 heavy (non-hydrogen) atoms. The Morgan fingerprint density at radius 2 is 1.51 bits per heavy atom. The topological polar surface area (TPSA) is 114 Å². The predicted octanol–water partition coefficient (Wildman–Crippen LogP) is 5.95. The zero-order valence-corrected chi connectivity index (χ0v) is 25.3. The van der Waals surface area contributed by atoms with Crippen LogP contribution in [-0.4, -0.2) is 31.3 Å². The fourth-order valence-electron chi connectivity index (χ4n) is 4.70. The number of hydrogen-bond donors (Lipinski definition) is 3. The Morgan fingerprint density at radius 3 is 2.16 bits per heavy atom. The van der Waals surface area contributed by atoms with Crippen LogP contribution in [-0.2, 0) is 37.4 Å². The molecule has 1 saturated heterocycles. The molecule has 0 unspecified atom stereocenters. The number of thioether (sulfide) groups is 1. The molecule has 0 spiro atoms. The second kappa shape index (κ2) is 14.3. The molecule has 0 aromatic heterocycles. The first-order valence-electron chi connectivity index (χ1n) is 13.9. The van der Waals surface area contributed by atoms with Crippen molar-refractivity contribution < 1.29 is 27.8 Å². The third-order valence-electron chi connectivity index (χ3n) is 7.00. The Kier molecular flexibility index (Phi) is 10.3. The Balaban J connectivity index is 1.27. The molecule has 1 fully saturated rings. The lowest BCUT2D eigenvalue weighted by Crippen LogP contribution is -2.31. The molecule has 1 aliphatic rings. The molecular formula is C33H34N2O6S2. The van der Waals surface area contributed by atoms with Gasteiger partial charge < -0.3 is 19.9 Å². The molecule has 1 aliphatic heterocycles. The van der Waals surface area contributed by atoms with Crippen LogP contribution >= 0.6 is 11.8 Å². The van der Waals surface area contributed by atoms with E-state index < -0.39 is 16.3 Å². The van der Waals surface area contributed by atoms with Gasteiger partial charge in [-0.15, -0.1) is 11.8 Å². The number of hydrogen-bond acceptors (Lipinski definition) is 7. The highest BCUT2D eigenvalue weighted by atomic mass is 32.2. The Bertz CT molecular complexity index is 1600. The summed E-state index contributed by atoms with van der Waals surface area (Å²) in [4.78, 5) is 12.6. The molecule has 224 valence electrons. The zero-order valence-electron chi connectivity index (χ0n) is 23.7. The van der Waals surface area contributed by atoms with Crippen molar-refractivity contribution in [3.8, 4) is 0 Å². The van der Waals surface area contributed by atoms with Crippen LogP contribution in [0.1, 0.15) is 48.0 Å². The molecule has 5 rings (SSSR count). The quantitative estimate of drug-likeness (QED) is 0.178. The van der Waals surface area contributed by atoms with Crippen LogP contribution in [0, 0.1) is 0 Å². The second-order valence-corrected chi connectivity index (χ2v) is 13.1. The highest BCUT2D eigenvalue weighted by Gasteiger charge is 2.32. The van der Waals surface area contributed by atoms with Crippen molar-refractivity contribution in [3.63, 3.8) is 0 Å². The third-order valence-corrected chi connectivity index (χ3v) is 9.56. The summed E-state index contributed by atoms with van der Waals surface area (Å²) in [6.45, 7) is 1.62. The number of carbonyl (C=O) groups is 1. The van der Waals surface area contributed by atoms with Crippen molar-refractivity contribution in [2.75, 3.05) is 11.1 Å². The van der Waals surface area contributed by atoms with E-state index in [4.69, 9.17) is 9.47 Å². The fraction of sp³-hybridized carbons (Fsp3) is 0.242. The van der Waals surface area contributed by atoms with Crippen LogP contribution in [0.2, 0.25) is 0 Å². The van der Waals surface area contributed by atoms with Gasteiger partial charge in [-0.3, -0.25) is 4.79 Å². The summed E-state index contributed by atoms with van der Waals surface area (Å²) >= 11 is 1.67. The molecule has 4 aromatic rings. The molecule has 0 aliphatic carbocycles. The van der Waals surface area contributed by atoms with Crippen molar-refractivity contribution in [2.45, 2.75) is 54.8 Å². The number of ether oxygens (including phenoxy) is 2. The van der Waals surface area contributed by atoms with Gasteiger partial charge in [0.2, 0.25) is 15.9 Å². The van der Waals surface area contributed by atoms with E-state index in [2.05, 4.69) is 10.0 Å². The average molecular weight is 619 g/mol. The van der Waals surface area contributed by atoms with Crippen LogP contribution in [0.3, 0.4) is 0 Å². The normalized spacial score (nSPS) is 18.7. The maximum Gasteiger partial charge on any atom is 0.240 e. The maximum atomic E-state index is 12.6. The highest BCUT2D eigenvalue weighted by Crippen LogP contribution is 2.39. The molecule has 3 atom stereocenters. The number of amides is 1. The van der Waals surface area contributed by atoms with E-state index in [9.17, 15) is 18.3 Å². The van der Waals surface area contributed by atoms with Gasteiger partial charge in [-0.1, -0.05) is 66.7 Å². The summed E-state index contributed by atoms with van der Waals surface area (Å²) in [6, 6.07) is 31.3. The summed E-state index contributed by atoms with van der Waals surface area (Å²) < 4.78 is 40.7. The summed E-state index contributed by atoms with van der Waals surface area (Å²) in [6.07, 6.45) is -0.278. The molecule has 4 aromatic carbocycles. The highest BCUT2D eigenvalue weighted by molar-refractivity contribution is 7.99. The van der Waals surface area contributed by atoms with Gasteiger partial charge in [-0.2, -0.15) is 0 Å². The number of sulfonamides is 1. The van der Waals surface area contributed by atoms with Crippen LogP contribution in [0.5, 0.6) is 0 Å². The van der Waals surface area contributed by atoms with Gasteiger partial charge in [-0.25, -0.2) is 13.1 Å². The van der Waals surface area contributed by atoms with Gasteiger partial charge in [0.25, 0.3) is 0 Å². The Hall–Kier alpha value is -3.51. The smallest absolute Gasteiger partial charge is 0.240 e. The number of carbonyl (C=O) groups excluding carboxylic acids is 1. The van der Waals surface area contributed by atoms with E-state index in [1.54, 1.807) is 42.1 Å². The van der Waals surface area contributed by atoms with Crippen LogP contribution in [0.15, 0.2) is 113 Å². The van der Waals surface area contributed by atoms with Crippen molar-refractivity contribution in [3.05, 3.63) is 125 Å². The van der Waals surface area contributed by atoms with Gasteiger partial charge in [0.1, 0.15) is 0 Å². The number of benzene rings is 4. The fourth-order valence-corrected chi connectivity index (χ4v) is 6.66. The summed E-state index contributed by atoms with van der Waals surface area (Å²) in [7, 11) is -3.61. The van der Waals surface area contributed by atoms with Crippen LogP contribution in [0.4, 0.5) is 5.69 Å². The van der Waals surface area contributed by atoms with Crippen LogP contribution in [0.25, 0.3) is 0 Å². The number of aliphatic hydroxyl groups excluding tert-OH is 1. The summed E-state index contributed by atoms with van der Waals surface area (Å²) in [5.74, 6) is 0.589. The molecule has 3 N–H and O–H groups in total. The lowest BCUT2D eigenvalue weighted by atomic mass is 10.0. The first-order chi connectivity index (χ1) is 20.8. The minimum Gasteiger partial charge on any atom is -0.392 e. The summed E-state index contributed by atoms with van der Waals surface area (Å²) in [5, 5.41) is 12.2. The predicted molar refractivity (Wildman–Crippen MR) is 167 cm³/mol. The SMILES string of the molecule is CC(=O)Nc1ccc(SC[C@@H]2C[C@H](c3ccc(CO)cc3)O[C@H](c3ccc(CNS(=O)(=O)c4ccccc4)cc3)O2)cc1.